The van der Waals surface area contributed by atoms with E-state index >= 15 is 0 Å². The number of methoxy groups -OCH3 is 1. The summed E-state index contributed by atoms with van der Waals surface area (Å²) in [7, 11) is -3.00. The molecular formula is C16H21Cl2NO5S. The highest BCUT2D eigenvalue weighted by atomic mass is 35.5. The summed E-state index contributed by atoms with van der Waals surface area (Å²) < 4.78 is 32.3. The van der Waals surface area contributed by atoms with Crippen LogP contribution in [0.25, 0.3) is 0 Å². The number of rotatable bonds is 6. The molecule has 0 saturated heterocycles. The first-order valence-electron chi connectivity index (χ1n) is 8.02. The second-order valence-electron chi connectivity index (χ2n) is 6.17. The Morgan fingerprint density at radius 1 is 1.32 bits per heavy atom. The van der Waals surface area contributed by atoms with Crippen molar-refractivity contribution in [2.24, 2.45) is 5.92 Å². The maximum Gasteiger partial charge on any atom is 0.323 e. The third-order valence-electron chi connectivity index (χ3n) is 4.36. The molecule has 0 aliphatic heterocycles. The Hall–Kier alpha value is -1.02. The number of hydrogen-bond donors (Lipinski definition) is 2. The highest BCUT2D eigenvalue weighted by molar-refractivity contribution is 7.89. The zero-order valence-electron chi connectivity index (χ0n) is 13.8. The van der Waals surface area contributed by atoms with E-state index in [1.165, 1.54) is 13.2 Å². The second kappa shape index (κ2) is 8.58. The van der Waals surface area contributed by atoms with Crippen molar-refractivity contribution in [3.63, 3.8) is 0 Å². The lowest BCUT2D eigenvalue weighted by atomic mass is 9.85. The van der Waals surface area contributed by atoms with Crippen LogP contribution in [0.1, 0.15) is 38.5 Å². The zero-order valence-corrected chi connectivity index (χ0v) is 16.1. The number of halogens is 2. The molecule has 2 rings (SSSR count). The van der Waals surface area contributed by atoms with Gasteiger partial charge >= 0.3 is 5.97 Å². The SMILES string of the molecule is COC(=O)C(CC1CCCCC1)NS(=O)(=O)c1cc(Cl)cc(Cl)c1O. The molecule has 1 aliphatic carbocycles. The molecule has 1 unspecified atom stereocenters. The fraction of sp³-hybridized carbons (Fsp3) is 0.562. The minimum atomic E-state index is -4.21. The fourth-order valence-corrected chi connectivity index (χ4v) is 5.04. The summed E-state index contributed by atoms with van der Waals surface area (Å²) in [6.07, 6.45) is 5.53. The molecule has 2 N–H and O–H groups in total. The monoisotopic (exact) mass is 409 g/mol. The van der Waals surface area contributed by atoms with E-state index in [9.17, 15) is 18.3 Å². The normalized spacial score (nSPS) is 17.2. The Balaban J connectivity index is 2.25. The molecule has 9 heteroatoms. The number of phenolic OH excluding ortho intramolecular Hbond substituents is 1. The predicted octanol–water partition coefficient (Wildman–Crippen LogP) is 3.49. The first kappa shape index (κ1) is 20.3. The van der Waals surface area contributed by atoms with E-state index in [4.69, 9.17) is 27.9 Å². The van der Waals surface area contributed by atoms with E-state index in [0.717, 1.165) is 38.2 Å². The van der Waals surface area contributed by atoms with E-state index in [1.54, 1.807) is 0 Å². The van der Waals surface area contributed by atoms with Crippen LogP contribution in [0.5, 0.6) is 5.75 Å². The molecule has 0 amide bonds. The van der Waals surface area contributed by atoms with Gasteiger partial charge in [0.2, 0.25) is 10.0 Å². The number of sulfonamides is 1. The van der Waals surface area contributed by atoms with Crippen LogP contribution in [0, 0.1) is 5.92 Å². The van der Waals surface area contributed by atoms with Crippen molar-refractivity contribution in [1.82, 2.24) is 4.72 Å². The van der Waals surface area contributed by atoms with Crippen LogP contribution in [-0.2, 0) is 19.6 Å². The Kier molecular flexibility index (Phi) is 6.96. The molecule has 0 heterocycles. The molecule has 0 bridgehead atoms. The zero-order chi connectivity index (χ0) is 18.6. The van der Waals surface area contributed by atoms with Crippen molar-refractivity contribution in [3.8, 4) is 5.75 Å². The molecule has 0 aromatic heterocycles. The van der Waals surface area contributed by atoms with E-state index in [1.807, 2.05) is 0 Å². The van der Waals surface area contributed by atoms with Crippen molar-refractivity contribution in [1.29, 1.82) is 0 Å². The van der Waals surface area contributed by atoms with Gasteiger partial charge in [-0.1, -0.05) is 55.3 Å². The second-order valence-corrected chi connectivity index (χ2v) is 8.70. The summed E-state index contributed by atoms with van der Waals surface area (Å²) in [5, 5.41) is 9.84. The summed E-state index contributed by atoms with van der Waals surface area (Å²) >= 11 is 11.6. The standard InChI is InChI=1S/C16H21Cl2NO5S/c1-24-16(21)13(7-10-5-3-2-4-6-10)19-25(22,23)14-9-11(17)8-12(18)15(14)20/h8-10,13,19-20H,2-7H2,1H3. The Bertz CT molecular complexity index is 732. The van der Waals surface area contributed by atoms with E-state index in [-0.39, 0.29) is 16.0 Å². The number of benzene rings is 1. The summed E-state index contributed by atoms with van der Waals surface area (Å²) in [4.78, 5) is 11.6. The van der Waals surface area contributed by atoms with E-state index < -0.39 is 32.7 Å². The van der Waals surface area contributed by atoms with Crippen molar-refractivity contribution in [2.45, 2.75) is 49.5 Å². The molecular weight excluding hydrogens is 389 g/mol. The minimum Gasteiger partial charge on any atom is -0.505 e. The lowest BCUT2D eigenvalue weighted by Crippen LogP contribution is -2.43. The van der Waals surface area contributed by atoms with Crippen LogP contribution in [0.15, 0.2) is 17.0 Å². The molecule has 1 fully saturated rings. The molecule has 1 aliphatic rings. The van der Waals surface area contributed by atoms with Gasteiger partial charge in [-0.3, -0.25) is 4.79 Å². The van der Waals surface area contributed by atoms with Crippen LogP contribution in [0.3, 0.4) is 0 Å². The molecule has 140 valence electrons. The van der Waals surface area contributed by atoms with Crippen molar-refractivity contribution < 1.29 is 23.1 Å². The van der Waals surface area contributed by atoms with Gasteiger partial charge in [0.1, 0.15) is 10.9 Å². The van der Waals surface area contributed by atoms with Gasteiger partial charge in [-0.25, -0.2) is 8.42 Å². The average molecular weight is 410 g/mol. The van der Waals surface area contributed by atoms with Crippen LogP contribution < -0.4 is 4.72 Å². The molecule has 1 aromatic rings. The number of aromatic hydroxyl groups is 1. The summed E-state index contributed by atoms with van der Waals surface area (Å²) in [5.41, 5.74) is 0. The largest absolute Gasteiger partial charge is 0.505 e. The van der Waals surface area contributed by atoms with Gasteiger partial charge in [-0.15, -0.1) is 0 Å². The molecule has 25 heavy (non-hydrogen) atoms. The number of esters is 1. The van der Waals surface area contributed by atoms with Gasteiger partial charge in [0.15, 0.2) is 5.75 Å². The van der Waals surface area contributed by atoms with Gasteiger partial charge in [0, 0.05) is 5.02 Å². The maximum absolute atomic E-state index is 12.6. The third kappa shape index (κ3) is 5.23. The molecule has 1 saturated carbocycles. The number of carbonyl (C=O) groups excluding carboxylic acids is 1. The number of hydrogen-bond acceptors (Lipinski definition) is 5. The Morgan fingerprint density at radius 2 is 1.96 bits per heavy atom. The number of ether oxygens (including phenoxy) is 1. The van der Waals surface area contributed by atoms with E-state index in [2.05, 4.69) is 4.72 Å². The molecule has 6 nitrogen and oxygen atoms in total. The van der Waals surface area contributed by atoms with Gasteiger partial charge < -0.3 is 9.84 Å². The first-order valence-corrected chi connectivity index (χ1v) is 10.3. The fourth-order valence-electron chi connectivity index (χ4n) is 3.09. The third-order valence-corrected chi connectivity index (χ3v) is 6.35. The van der Waals surface area contributed by atoms with Gasteiger partial charge in [-0.05, 0) is 24.5 Å². The number of carbonyl (C=O) groups is 1. The number of nitrogens with one attached hydrogen (secondary N) is 1. The van der Waals surface area contributed by atoms with E-state index in [0.29, 0.717) is 6.42 Å². The Labute approximate surface area is 157 Å². The van der Waals surface area contributed by atoms with Gasteiger partial charge in [0.05, 0.1) is 12.1 Å². The van der Waals surface area contributed by atoms with Crippen molar-refractivity contribution in [3.05, 3.63) is 22.2 Å². The lowest BCUT2D eigenvalue weighted by molar-refractivity contribution is -0.143. The molecule has 0 spiro atoms. The minimum absolute atomic E-state index is 0.0603. The van der Waals surface area contributed by atoms with Crippen LogP contribution in [-0.4, -0.2) is 32.6 Å². The summed E-state index contributed by atoms with van der Waals surface area (Å²) in [5.74, 6) is -1.03. The Morgan fingerprint density at radius 3 is 2.56 bits per heavy atom. The van der Waals surface area contributed by atoms with Gasteiger partial charge in [0.25, 0.3) is 0 Å². The molecule has 1 atom stereocenters. The molecule has 0 radical (unpaired) electrons. The highest BCUT2D eigenvalue weighted by Gasteiger charge is 2.31. The van der Waals surface area contributed by atoms with Crippen LogP contribution in [0.4, 0.5) is 0 Å². The highest BCUT2D eigenvalue weighted by Crippen LogP contribution is 2.34. The summed E-state index contributed by atoms with van der Waals surface area (Å²) in [6, 6.07) is 1.28. The number of phenols is 1. The lowest BCUT2D eigenvalue weighted by Gasteiger charge is -2.25. The van der Waals surface area contributed by atoms with Crippen LogP contribution >= 0.6 is 23.2 Å². The van der Waals surface area contributed by atoms with Gasteiger partial charge in [-0.2, -0.15) is 4.72 Å². The molecule has 1 aromatic carbocycles. The smallest absolute Gasteiger partial charge is 0.323 e. The first-order chi connectivity index (χ1) is 11.7. The maximum atomic E-state index is 12.6. The predicted molar refractivity (Wildman–Crippen MR) is 95.4 cm³/mol. The quantitative estimate of drug-likeness (QED) is 0.701. The average Bonchev–Trinajstić information content (AvgIpc) is 2.57. The summed E-state index contributed by atoms with van der Waals surface area (Å²) in [6.45, 7) is 0. The van der Waals surface area contributed by atoms with Crippen LogP contribution in [0.2, 0.25) is 10.0 Å². The van der Waals surface area contributed by atoms with Crippen molar-refractivity contribution in [2.75, 3.05) is 7.11 Å². The topological polar surface area (TPSA) is 92.7 Å². The van der Waals surface area contributed by atoms with Crippen molar-refractivity contribution >= 4 is 39.2 Å².